The molecule has 154 valence electrons. The number of aliphatic hydroxyl groups is 3. The topological polar surface area (TPSA) is 164 Å². The van der Waals surface area contributed by atoms with E-state index in [4.69, 9.17) is 14.6 Å². The van der Waals surface area contributed by atoms with Gasteiger partial charge >= 0.3 is 12.1 Å². The molecule has 1 fully saturated rings. The van der Waals surface area contributed by atoms with Crippen LogP contribution in [0.5, 0.6) is 0 Å². The quantitative estimate of drug-likeness (QED) is 0.273. The molecule has 0 unspecified atom stereocenters. The van der Waals surface area contributed by atoms with Crippen LogP contribution in [-0.4, -0.2) is 84.2 Å². The van der Waals surface area contributed by atoms with Crippen LogP contribution in [-0.2, 0) is 19.0 Å². The first-order valence-corrected chi connectivity index (χ1v) is 8.37. The van der Waals surface area contributed by atoms with Crippen LogP contribution in [0.1, 0.15) is 10.4 Å². The summed E-state index contributed by atoms with van der Waals surface area (Å²) in [5.74, 6) is -1.64. The molecule has 1 saturated heterocycles. The van der Waals surface area contributed by atoms with Gasteiger partial charge in [0.1, 0.15) is 30.9 Å². The monoisotopic (exact) mass is 398 g/mol. The van der Waals surface area contributed by atoms with Crippen molar-refractivity contribution in [2.24, 2.45) is 0 Å². The third-order valence-electron chi connectivity index (χ3n) is 4.03. The highest BCUT2D eigenvalue weighted by atomic mass is 16.7. The van der Waals surface area contributed by atoms with Gasteiger partial charge in [-0.1, -0.05) is 18.2 Å². The standard InChI is InChI=1S/C17H22N2O9/c1-26-16-12(14(23)13(22)10(8-20)27-16)19-11(21)7-18-17(25)28-15(24)9-5-3-2-4-6-9/h2-6,10,12-14,16,20,22-23H,7-8H2,1H3,(H,18,25)(H,19,21)/t10-,12-,13-,14-,16-/m1/s1. The Bertz CT molecular complexity index is 682. The first-order chi connectivity index (χ1) is 13.4. The lowest BCUT2D eigenvalue weighted by Gasteiger charge is -2.41. The summed E-state index contributed by atoms with van der Waals surface area (Å²) in [6.45, 7) is -1.12. The second-order valence-corrected chi connectivity index (χ2v) is 5.93. The highest BCUT2D eigenvalue weighted by molar-refractivity contribution is 5.97. The molecule has 0 radical (unpaired) electrons. The molecule has 2 amide bonds. The third-order valence-corrected chi connectivity index (χ3v) is 4.03. The largest absolute Gasteiger partial charge is 0.415 e. The molecule has 1 aromatic carbocycles. The summed E-state index contributed by atoms with van der Waals surface area (Å²) in [6, 6.07) is 6.66. The Balaban J connectivity index is 1.84. The lowest BCUT2D eigenvalue weighted by Crippen LogP contribution is -2.65. The van der Waals surface area contributed by atoms with Crippen LogP contribution < -0.4 is 10.6 Å². The summed E-state index contributed by atoms with van der Waals surface area (Å²) in [5, 5.41) is 33.6. The van der Waals surface area contributed by atoms with Gasteiger partial charge in [-0.2, -0.15) is 0 Å². The molecule has 0 aromatic heterocycles. The van der Waals surface area contributed by atoms with E-state index in [1.54, 1.807) is 18.2 Å². The van der Waals surface area contributed by atoms with Gasteiger partial charge in [0, 0.05) is 7.11 Å². The molecule has 28 heavy (non-hydrogen) atoms. The lowest BCUT2D eigenvalue weighted by atomic mass is 9.97. The first-order valence-electron chi connectivity index (χ1n) is 8.37. The number of aliphatic hydroxyl groups excluding tert-OH is 3. The van der Waals surface area contributed by atoms with E-state index in [2.05, 4.69) is 15.4 Å². The predicted molar refractivity (Wildman–Crippen MR) is 92.0 cm³/mol. The minimum atomic E-state index is -1.48. The molecule has 5 atom stereocenters. The Kier molecular flexibility index (Phi) is 7.84. The van der Waals surface area contributed by atoms with Crippen molar-refractivity contribution >= 4 is 18.0 Å². The summed E-state index contributed by atoms with van der Waals surface area (Å²) in [5.41, 5.74) is 0.167. The van der Waals surface area contributed by atoms with Crippen LogP contribution in [0, 0.1) is 0 Å². The second-order valence-electron chi connectivity index (χ2n) is 5.93. The molecule has 1 aromatic rings. The molecule has 5 N–H and O–H groups in total. The zero-order valence-electron chi connectivity index (χ0n) is 15.0. The van der Waals surface area contributed by atoms with Crippen LogP contribution in [0.3, 0.4) is 0 Å². The fourth-order valence-electron chi connectivity index (χ4n) is 2.58. The van der Waals surface area contributed by atoms with Crippen molar-refractivity contribution in [3.63, 3.8) is 0 Å². The van der Waals surface area contributed by atoms with Crippen LogP contribution in [0.15, 0.2) is 30.3 Å². The van der Waals surface area contributed by atoms with Crippen molar-refractivity contribution < 1.29 is 43.9 Å². The Morgan fingerprint density at radius 3 is 2.43 bits per heavy atom. The maximum atomic E-state index is 12.0. The molecular formula is C17H22N2O9. The van der Waals surface area contributed by atoms with Gasteiger partial charge in [-0.05, 0) is 12.1 Å². The third kappa shape index (κ3) is 5.47. The number of hydrogen-bond acceptors (Lipinski definition) is 9. The molecule has 11 nitrogen and oxygen atoms in total. The molecule has 0 saturated carbocycles. The highest BCUT2D eigenvalue weighted by Crippen LogP contribution is 2.21. The van der Waals surface area contributed by atoms with Crippen molar-refractivity contribution in [3.05, 3.63) is 35.9 Å². The Hall–Kier alpha value is -2.57. The fraction of sp³-hybridized carbons (Fsp3) is 0.471. The number of nitrogens with one attached hydrogen (secondary N) is 2. The average molecular weight is 398 g/mol. The molecule has 1 heterocycles. The van der Waals surface area contributed by atoms with Gasteiger partial charge in [-0.15, -0.1) is 0 Å². The second kappa shape index (κ2) is 10.1. The highest BCUT2D eigenvalue weighted by Gasteiger charge is 2.45. The van der Waals surface area contributed by atoms with E-state index in [9.17, 15) is 24.6 Å². The predicted octanol–water partition coefficient (Wildman–Crippen LogP) is -1.88. The van der Waals surface area contributed by atoms with E-state index in [1.165, 1.54) is 19.2 Å². The van der Waals surface area contributed by atoms with Crippen molar-refractivity contribution in [1.82, 2.24) is 10.6 Å². The van der Waals surface area contributed by atoms with Gasteiger partial charge in [0.25, 0.3) is 0 Å². The number of benzene rings is 1. The van der Waals surface area contributed by atoms with E-state index < -0.39 is 61.8 Å². The van der Waals surface area contributed by atoms with Crippen LogP contribution >= 0.6 is 0 Å². The number of esters is 1. The van der Waals surface area contributed by atoms with E-state index >= 15 is 0 Å². The number of methoxy groups -OCH3 is 1. The van der Waals surface area contributed by atoms with E-state index in [0.29, 0.717) is 0 Å². The van der Waals surface area contributed by atoms with E-state index in [-0.39, 0.29) is 5.56 Å². The fourth-order valence-corrected chi connectivity index (χ4v) is 2.58. The Morgan fingerprint density at radius 1 is 1.14 bits per heavy atom. The van der Waals surface area contributed by atoms with Gasteiger partial charge in [-0.25, -0.2) is 9.59 Å². The van der Waals surface area contributed by atoms with Gasteiger partial charge < -0.3 is 40.2 Å². The number of amides is 2. The van der Waals surface area contributed by atoms with Crippen LogP contribution in [0.25, 0.3) is 0 Å². The SMILES string of the molecule is CO[C@@H]1O[C@H](CO)[C@@H](O)[C@H](O)[C@H]1NC(=O)CNC(=O)OC(=O)c1ccccc1. The van der Waals surface area contributed by atoms with Crippen molar-refractivity contribution in [3.8, 4) is 0 Å². The number of carbonyl (C=O) groups excluding carboxylic acids is 3. The molecule has 0 spiro atoms. The van der Waals surface area contributed by atoms with E-state index in [0.717, 1.165) is 0 Å². The zero-order chi connectivity index (χ0) is 20.7. The molecule has 11 heteroatoms. The number of hydrogen-bond donors (Lipinski definition) is 5. The lowest BCUT2D eigenvalue weighted by molar-refractivity contribution is -0.262. The number of alkyl carbamates (subject to hydrolysis) is 1. The number of ether oxygens (including phenoxy) is 3. The van der Waals surface area contributed by atoms with Crippen molar-refractivity contribution in [2.75, 3.05) is 20.3 Å². The van der Waals surface area contributed by atoms with Crippen LogP contribution in [0.4, 0.5) is 4.79 Å². The molecular weight excluding hydrogens is 376 g/mol. The van der Waals surface area contributed by atoms with Crippen molar-refractivity contribution in [1.29, 1.82) is 0 Å². The molecule has 2 rings (SSSR count). The molecule has 0 bridgehead atoms. The molecule has 0 aliphatic carbocycles. The normalized spacial score (nSPS) is 26.9. The van der Waals surface area contributed by atoms with Gasteiger partial charge in [-0.3, -0.25) is 4.79 Å². The van der Waals surface area contributed by atoms with Gasteiger partial charge in [0.15, 0.2) is 6.29 Å². The average Bonchev–Trinajstić information content (AvgIpc) is 2.70. The summed E-state index contributed by atoms with van der Waals surface area (Å²) in [4.78, 5) is 35.4. The number of rotatable bonds is 6. The molecule has 1 aliphatic rings. The summed E-state index contributed by atoms with van der Waals surface area (Å²) in [7, 11) is 1.26. The minimum Gasteiger partial charge on any atom is -0.394 e. The first kappa shape index (κ1) is 21.7. The number of carbonyl (C=O) groups is 3. The Morgan fingerprint density at radius 2 is 1.82 bits per heavy atom. The van der Waals surface area contributed by atoms with Gasteiger partial charge in [0.2, 0.25) is 5.91 Å². The van der Waals surface area contributed by atoms with Gasteiger partial charge in [0.05, 0.1) is 12.2 Å². The zero-order valence-corrected chi connectivity index (χ0v) is 15.0. The Labute approximate surface area is 160 Å². The van der Waals surface area contributed by atoms with E-state index in [1.807, 2.05) is 0 Å². The maximum Gasteiger partial charge on any atom is 0.415 e. The summed E-state index contributed by atoms with van der Waals surface area (Å²) < 4.78 is 14.8. The maximum absolute atomic E-state index is 12.0. The summed E-state index contributed by atoms with van der Waals surface area (Å²) >= 11 is 0. The molecule has 1 aliphatic heterocycles. The van der Waals surface area contributed by atoms with Crippen LogP contribution in [0.2, 0.25) is 0 Å². The smallest absolute Gasteiger partial charge is 0.394 e. The van der Waals surface area contributed by atoms with Crippen molar-refractivity contribution in [2.45, 2.75) is 30.6 Å². The minimum absolute atomic E-state index is 0.167. The summed E-state index contributed by atoms with van der Waals surface area (Å²) in [6.07, 6.45) is -6.28.